The van der Waals surface area contributed by atoms with E-state index in [2.05, 4.69) is 45.2 Å². The third-order valence-corrected chi connectivity index (χ3v) is 6.54. The van der Waals surface area contributed by atoms with E-state index in [1.54, 1.807) is 40.2 Å². The number of rotatable bonds is 7. The maximum Gasteiger partial charge on any atom is 0.203 e. The van der Waals surface area contributed by atoms with Crippen molar-refractivity contribution in [1.29, 1.82) is 0 Å². The van der Waals surface area contributed by atoms with Gasteiger partial charge in [-0.25, -0.2) is 0 Å². The Morgan fingerprint density at radius 2 is 1.45 bits per heavy atom. The molecule has 0 amide bonds. The van der Waals surface area contributed by atoms with Gasteiger partial charge in [0.05, 0.1) is 34.1 Å². The highest BCUT2D eigenvalue weighted by atomic mass is 79.9. The Kier molecular flexibility index (Phi) is 6.34. The lowest BCUT2D eigenvalue weighted by molar-refractivity contribution is 0.323. The second kappa shape index (κ2) is 9.16. The van der Waals surface area contributed by atoms with Crippen molar-refractivity contribution in [3.05, 3.63) is 59.1 Å². The Bertz CT molecular complexity index is 1200. The van der Waals surface area contributed by atoms with E-state index in [-0.39, 0.29) is 0 Å². The molecule has 31 heavy (non-hydrogen) atoms. The third-order valence-electron chi connectivity index (χ3n) is 4.95. The standard InChI is InChI=1S/C24H22BrNO4S/c1-27-16-8-5-14(6-9-16)22-24(18-11-15(25)7-10-19(18)26-22)31-17-12-20(28-2)23(30-4)21(13-17)29-3/h5-13,26H,1-4H3. The highest BCUT2D eigenvalue weighted by molar-refractivity contribution is 9.10. The summed E-state index contributed by atoms with van der Waals surface area (Å²) in [6.07, 6.45) is 0. The van der Waals surface area contributed by atoms with Gasteiger partial charge >= 0.3 is 0 Å². The second-order valence-electron chi connectivity index (χ2n) is 6.71. The quantitative estimate of drug-likeness (QED) is 0.303. The number of benzene rings is 3. The van der Waals surface area contributed by atoms with Crippen molar-refractivity contribution in [3.63, 3.8) is 0 Å². The number of aromatic amines is 1. The normalized spacial score (nSPS) is 10.9. The lowest BCUT2D eigenvalue weighted by atomic mass is 10.1. The summed E-state index contributed by atoms with van der Waals surface area (Å²) in [4.78, 5) is 5.66. The van der Waals surface area contributed by atoms with Crippen molar-refractivity contribution in [2.45, 2.75) is 9.79 Å². The van der Waals surface area contributed by atoms with Crippen LogP contribution < -0.4 is 18.9 Å². The average Bonchev–Trinajstić information content (AvgIpc) is 3.15. The van der Waals surface area contributed by atoms with Crippen molar-refractivity contribution in [2.24, 2.45) is 0 Å². The van der Waals surface area contributed by atoms with Gasteiger partial charge in [0.25, 0.3) is 0 Å². The molecule has 1 heterocycles. The first-order valence-corrected chi connectivity index (χ1v) is 11.1. The number of aromatic nitrogens is 1. The lowest BCUT2D eigenvalue weighted by Crippen LogP contribution is -1.95. The molecule has 3 aromatic carbocycles. The summed E-state index contributed by atoms with van der Waals surface area (Å²) in [5.74, 6) is 2.64. The van der Waals surface area contributed by atoms with Crippen LogP contribution in [0.4, 0.5) is 0 Å². The highest BCUT2D eigenvalue weighted by Crippen LogP contribution is 2.46. The Labute approximate surface area is 193 Å². The summed E-state index contributed by atoms with van der Waals surface area (Å²) in [6, 6.07) is 18.2. The molecule has 0 bridgehead atoms. The molecule has 0 fully saturated rings. The number of H-pyrrole nitrogens is 1. The van der Waals surface area contributed by atoms with Crippen LogP contribution in [-0.2, 0) is 0 Å². The fraction of sp³-hybridized carbons (Fsp3) is 0.167. The molecule has 0 atom stereocenters. The van der Waals surface area contributed by atoms with Gasteiger partial charge in [-0.3, -0.25) is 0 Å². The van der Waals surface area contributed by atoms with Crippen LogP contribution in [0.25, 0.3) is 22.2 Å². The van der Waals surface area contributed by atoms with Gasteiger partial charge in [-0.2, -0.15) is 0 Å². The largest absolute Gasteiger partial charge is 0.497 e. The minimum atomic E-state index is 0.575. The van der Waals surface area contributed by atoms with Crippen LogP contribution in [0.5, 0.6) is 23.0 Å². The van der Waals surface area contributed by atoms with Crippen molar-refractivity contribution < 1.29 is 18.9 Å². The Morgan fingerprint density at radius 1 is 0.774 bits per heavy atom. The maximum atomic E-state index is 5.54. The van der Waals surface area contributed by atoms with E-state index in [1.807, 2.05) is 30.3 Å². The van der Waals surface area contributed by atoms with E-state index in [9.17, 15) is 0 Å². The second-order valence-corrected chi connectivity index (χ2v) is 8.71. The number of hydrogen-bond donors (Lipinski definition) is 1. The van der Waals surface area contributed by atoms with Gasteiger partial charge in [0.1, 0.15) is 5.75 Å². The first kappa shape index (κ1) is 21.5. The predicted molar refractivity (Wildman–Crippen MR) is 128 cm³/mol. The number of nitrogens with one attached hydrogen (secondary N) is 1. The molecule has 0 saturated heterocycles. The van der Waals surface area contributed by atoms with Crippen LogP contribution >= 0.6 is 27.7 Å². The molecular formula is C24H22BrNO4S. The Balaban J connectivity index is 1.87. The average molecular weight is 500 g/mol. The Hall–Kier alpha value is -2.77. The van der Waals surface area contributed by atoms with Crippen LogP contribution in [0, 0.1) is 0 Å². The van der Waals surface area contributed by atoms with E-state index in [0.717, 1.165) is 42.2 Å². The first-order chi connectivity index (χ1) is 15.1. The van der Waals surface area contributed by atoms with Gasteiger partial charge < -0.3 is 23.9 Å². The minimum Gasteiger partial charge on any atom is -0.497 e. The van der Waals surface area contributed by atoms with Gasteiger partial charge in [-0.05, 0) is 60.2 Å². The van der Waals surface area contributed by atoms with E-state index in [1.165, 1.54) is 0 Å². The molecule has 5 nitrogen and oxygen atoms in total. The SMILES string of the molecule is COc1ccc(-c2[nH]c3ccc(Br)cc3c2Sc2cc(OC)c(OC)c(OC)c2)cc1. The van der Waals surface area contributed by atoms with Gasteiger partial charge in [-0.1, -0.05) is 27.7 Å². The van der Waals surface area contributed by atoms with Crippen LogP contribution in [0.1, 0.15) is 0 Å². The van der Waals surface area contributed by atoms with Crippen molar-refractivity contribution in [1.82, 2.24) is 4.98 Å². The van der Waals surface area contributed by atoms with Crippen LogP contribution in [0.15, 0.2) is 68.9 Å². The molecule has 0 radical (unpaired) electrons. The molecule has 0 unspecified atom stereocenters. The molecule has 7 heteroatoms. The van der Waals surface area contributed by atoms with Gasteiger partial charge in [0.2, 0.25) is 5.75 Å². The predicted octanol–water partition coefficient (Wildman–Crippen LogP) is 6.78. The smallest absolute Gasteiger partial charge is 0.203 e. The van der Waals surface area contributed by atoms with E-state index in [0.29, 0.717) is 17.2 Å². The molecule has 4 rings (SSSR count). The first-order valence-electron chi connectivity index (χ1n) is 9.51. The van der Waals surface area contributed by atoms with Gasteiger partial charge in [0.15, 0.2) is 11.5 Å². The number of halogens is 1. The van der Waals surface area contributed by atoms with Gasteiger partial charge in [-0.15, -0.1) is 0 Å². The van der Waals surface area contributed by atoms with Crippen LogP contribution in [0.3, 0.4) is 0 Å². The fourth-order valence-electron chi connectivity index (χ4n) is 3.44. The molecule has 160 valence electrons. The zero-order valence-electron chi connectivity index (χ0n) is 17.6. The van der Waals surface area contributed by atoms with E-state index < -0.39 is 0 Å². The molecule has 0 spiro atoms. The molecule has 1 aromatic heterocycles. The summed E-state index contributed by atoms with van der Waals surface area (Å²) in [5, 5.41) is 1.12. The molecule has 0 aliphatic rings. The summed E-state index contributed by atoms with van der Waals surface area (Å²) >= 11 is 5.25. The molecule has 0 aliphatic heterocycles. The van der Waals surface area contributed by atoms with Crippen molar-refractivity contribution in [3.8, 4) is 34.3 Å². The third kappa shape index (κ3) is 4.20. The minimum absolute atomic E-state index is 0.575. The summed E-state index contributed by atoms with van der Waals surface area (Å²) < 4.78 is 22.9. The number of hydrogen-bond acceptors (Lipinski definition) is 5. The van der Waals surface area contributed by atoms with Crippen LogP contribution in [0.2, 0.25) is 0 Å². The lowest BCUT2D eigenvalue weighted by Gasteiger charge is -2.14. The number of methoxy groups -OCH3 is 4. The summed E-state index contributed by atoms with van der Waals surface area (Å²) in [5.41, 5.74) is 3.17. The molecule has 0 saturated carbocycles. The summed E-state index contributed by atoms with van der Waals surface area (Å²) in [7, 11) is 6.52. The van der Waals surface area contributed by atoms with E-state index >= 15 is 0 Å². The molecule has 4 aromatic rings. The molecule has 0 aliphatic carbocycles. The topological polar surface area (TPSA) is 52.7 Å². The van der Waals surface area contributed by atoms with Gasteiger partial charge in [0, 0.05) is 25.2 Å². The zero-order chi connectivity index (χ0) is 22.0. The van der Waals surface area contributed by atoms with Crippen LogP contribution in [-0.4, -0.2) is 33.4 Å². The summed E-state index contributed by atoms with van der Waals surface area (Å²) in [6.45, 7) is 0. The highest BCUT2D eigenvalue weighted by Gasteiger charge is 2.19. The monoisotopic (exact) mass is 499 g/mol. The molecular weight excluding hydrogens is 478 g/mol. The maximum absolute atomic E-state index is 5.54. The molecule has 1 N–H and O–H groups in total. The van der Waals surface area contributed by atoms with Crippen molar-refractivity contribution in [2.75, 3.05) is 28.4 Å². The Morgan fingerprint density at radius 3 is 2.03 bits per heavy atom. The van der Waals surface area contributed by atoms with Crippen molar-refractivity contribution >= 4 is 38.6 Å². The fourth-order valence-corrected chi connectivity index (χ4v) is 4.92. The number of ether oxygens (including phenoxy) is 4. The number of fused-ring (bicyclic) bond motifs is 1. The zero-order valence-corrected chi connectivity index (χ0v) is 20.0. The van der Waals surface area contributed by atoms with E-state index in [4.69, 9.17) is 18.9 Å².